The number of nitrogens with zero attached hydrogens (tertiary/aromatic N) is 5. The molecule has 2 aliphatic heterocycles. The fourth-order valence-electron chi connectivity index (χ4n) is 4.68. The summed E-state index contributed by atoms with van der Waals surface area (Å²) in [6, 6.07) is 5.47. The van der Waals surface area contributed by atoms with Crippen LogP contribution in [0.15, 0.2) is 36.4 Å². The molecule has 3 amide bonds. The van der Waals surface area contributed by atoms with Crippen LogP contribution in [0.1, 0.15) is 44.3 Å². The Morgan fingerprint density at radius 3 is 2.18 bits per heavy atom. The number of benzene rings is 2. The molecule has 1 atom stereocenters. The second-order valence-electron chi connectivity index (χ2n) is 8.85. The molecule has 1 aromatic heterocycles. The van der Waals surface area contributed by atoms with E-state index in [1.807, 2.05) is 0 Å². The molecule has 5 rings (SSSR count). The average Bonchev–Trinajstić information content (AvgIpc) is 3.41. The van der Waals surface area contributed by atoms with Crippen LogP contribution in [0.3, 0.4) is 0 Å². The van der Waals surface area contributed by atoms with Gasteiger partial charge in [-0.05, 0) is 30.2 Å². The highest BCUT2D eigenvalue weighted by Crippen LogP contribution is 2.31. The summed E-state index contributed by atoms with van der Waals surface area (Å²) in [6.07, 6.45) is -5.80. The van der Waals surface area contributed by atoms with Crippen LogP contribution in [-0.4, -0.2) is 54.9 Å². The summed E-state index contributed by atoms with van der Waals surface area (Å²) >= 11 is 0. The lowest BCUT2D eigenvalue weighted by Crippen LogP contribution is -2.46. The molecule has 3 heterocycles. The number of hydrogen-bond donors (Lipinski definition) is 0. The summed E-state index contributed by atoms with van der Waals surface area (Å²) in [5.74, 6) is -7.40. The Labute approximate surface area is 210 Å². The number of fused-ring (bicyclic) bond motifs is 2. The van der Waals surface area contributed by atoms with Crippen molar-refractivity contribution in [3.8, 4) is 0 Å². The molecule has 0 fully saturated rings. The highest BCUT2D eigenvalue weighted by molar-refractivity contribution is 6.21. The van der Waals surface area contributed by atoms with Gasteiger partial charge in [0.1, 0.15) is 5.82 Å². The number of hydrogen-bond acceptors (Lipinski definition) is 5. The van der Waals surface area contributed by atoms with Crippen LogP contribution >= 0.6 is 0 Å². The Morgan fingerprint density at radius 2 is 1.55 bits per heavy atom. The zero-order valence-electron chi connectivity index (χ0n) is 19.3. The molecule has 14 heteroatoms. The van der Waals surface area contributed by atoms with E-state index in [9.17, 15) is 40.7 Å². The lowest BCUT2D eigenvalue weighted by atomic mass is 10.00. The highest BCUT2D eigenvalue weighted by atomic mass is 19.4. The van der Waals surface area contributed by atoms with Crippen molar-refractivity contribution < 1.29 is 40.7 Å². The van der Waals surface area contributed by atoms with Crippen molar-refractivity contribution in [3.63, 3.8) is 0 Å². The van der Waals surface area contributed by atoms with Crippen LogP contribution < -0.4 is 0 Å². The quantitative estimate of drug-likeness (QED) is 0.283. The third-order valence-corrected chi connectivity index (χ3v) is 6.51. The van der Waals surface area contributed by atoms with E-state index >= 15 is 0 Å². The topological polar surface area (TPSA) is 88.4 Å². The summed E-state index contributed by atoms with van der Waals surface area (Å²) in [4.78, 5) is 41.4. The maximum absolute atomic E-state index is 14.5. The van der Waals surface area contributed by atoms with Crippen LogP contribution in [0.4, 0.5) is 26.3 Å². The molecule has 0 saturated carbocycles. The molecular weight excluding hydrogens is 520 g/mol. The van der Waals surface area contributed by atoms with Gasteiger partial charge < -0.3 is 9.47 Å². The normalized spacial score (nSPS) is 16.1. The van der Waals surface area contributed by atoms with Gasteiger partial charge in [-0.3, -0.25) is 19.3 Å². The van der Waals surface area contributed by atoms with Gasteiger partial charge in [0.2, 0.25) is 11.7 Å². The highest BCUT2D eigenvalue weighted by Gasteiger charge is 2.43. The Balaban J connectivity index is 1.43. The molecule has 2 aromatic carbocycles. The van der Waals surface area contributed by atoms with Crippen LogP contribution in [0.2, 0.25) is 0 Å². The number of rotatable bonds is 5. The smallest absolute Gasteiger partial charge is 0.333 e. The molecule has 8 nitrogen and oxygen atoms in total. The summed E-state index contributed by atoms with van der Waals surface area (Å²) in [6.45, 7) is -0.726. The van der Waals surface area contributed by atoms with E-state index < -0.39 is 66.1 Å². The number of aromatic nitrogens is 3. The Hall–Kier alpha value is -4.23. The van der Waals surface area contributed by atoms with E-state index in [2.05, 4.69) is 10.2 Å². The third-order valence-electron chi connectivity index (χ3n) is 6.51. The zero-order chi connectivity index (χ0) is 27.4. The first-order valence-electron chi connectivity index (χ1n) is 11.3. The van der Waals surface area contributed by atoms with E-state index in [1.165, 1.54) is 29.2 Å². The van der Waals surface area contributed by atoms with Crippen molar-refractivity contribution in [3.05, 3.63) is 82.2 Å². The Kier molecular flexibility index (Phi) is 6.19. The lowest BCUT2D eigenvalue weighted by molar-refractivity contribution is -0.148. The first kappa shape index (κ1) is 25.4. The maximum Gasteiger partial charge on any atom is 0.451 e. The van der Waals surface area contributed by atoms with Gasteiger partial charge in [-0.25, -0.2) is 13.2 Å². The average molecular weight is 537 g/mol. The van der Waals surface area contributed by atoms with Crippen LogP contribution in [-0.2, 0) is 30.5 Å². The van der Waals surface area contributed by atoms with Gasteiger partial charge in [0, 0.05) is 25.6 Å². The SMILES string of the molecule is O=C(CC(Cc1cc(F)c(F)cc1F)N1C(=O)c2ccccc2C1=O)N1CCn2c(nnc2C(F)(F)F)C1. The molecule has 0 N–H and O–H groups in total. The second kappa shape index (κ2) is 9.26. The Bertz CT molecular complexity index is 1440. The molecule has 1 unspecified atom stereocenters. The second-order valence-corrected chi connectivity index (χ2v) is 8.85. The fraction of sp³-hybridized carbons (Fsp3) is 0.292. The van der Waals surface area contributed by atoms with E-state index in [0.29, 0.717) is 12.1 Å². The molecule has 2 aliphatic rings. The monoisotopic (exact) mass is 537 g/mol. The van der Waals surface area contributed by atoms with Crippen molar-refractivity contribution in [2.75, 3.05) is 6.54 Å². The number of halogens is 6. The minimum atomic E-state index is -4.73. The number of imide groups is 1. The van der Waals surface area contributed by atoms with Gasteiger partial charge >= 0.3 is 6.18 Å². The molecule has 0 spiro atoms. The molecule has 38 heavy (non-hydrogen) atoms. The molecule has 0 radical (unpaired) electrons. The lowest BCUT2D eigenvalue weighted by Gasteiger charge is -2.31. The number of amides is 3. The zero-order valence-corrected chi connectivity index (χ0v) is 19.3. The maximum atomic E-state index is 14.5. The van der Waals surface area contributed by atoms with Gasteiger partial charge in [-0.15, -0.1) is 10.2 Å². The largest absolute Gasteiger partial charge is 0.451 e. The molecule has 0 saturated heterocycles. The van der Waals surface area contributed by atoms with Crippen LogP contribution in [0.5, 0.6) is 0 Å². The van der Waals surface area contributed by atoms with Gasteiger partial charge in [-0.2, -0.15) is 13.2 Å². The van der Waals surface area contributed by atoms with Crippen LogP contribution in [0, 0.1) is 17.5 Å². The standard InChI is InChI=1S/C24H17F6N5O3/c25-16-10-18(27)17(26)8-12(16)7-13(35-21(37)14-3-1-2-4-15(14)22(35)38)9-20(36)33-5-6-34-19(11-33)31-32-23(34)24(28,29)30/h1-4,8,10,13H,5-7,9,11H2. The van der Waals surface area contributed by atoms with E-state index in [4.69, 9.17) is 0 Å². The molecular formula is C24H17F6N5O3. The van der Waals surface area contributed by atoms with Crippen LogP contribution in [0.25, 0.3) is 0 Å². The first-order chi connectivity index (χ1) is 18.0. The molecule has 0 bridgehead atoms. The van der Waals surface area contributed by atoms with Crippen molar-refractivity contribution in [2.45, 2.75) is 38.1 Å². The minimum Gasteiger partial charge on any atom is -0.333 e. The van der Waals surface area contributed by atoms with Crippen molar-refractivity contribution in [2.24, 2.45) is 0 Å². The summed E-state index contributed by atoms with van der Waals surface area (Å²) < 4.78 is 82.1. The van der Waals surface area contributed by atoms with Crippen molar-refractivity contribution in [1.29, 1.82) is 0 Å². The molecule has 0 aliphatic carbocycles. The van der Waals surface area contributed by atoms with Gasteiger partial charge in [0.15, 0.2) is 17.5 Å². The predicted octanol–water partition coefficient (Wildman–Crippen LogP) is 3.35. The molecule has 3 aromatic rings. The van der Waals surface area contributed by atoms with E-state index in [0.717, 1.165) is 9.47 Å². The number of alkyl halides is 3. The van der Waals surface area contributed by atoms with E-state index in [1.54, 1.807) is 0 Å². The number of carbonyl (C=O) groups excluding carboxylic acids is 3. The Morgan fingerprint density at radius 1 is 0.921 bits per heavy atom. The van der Waals surface area contributed by atoms with E-state index in [-0.39, 0.29) is 42.1 Å². The van der Waals surface area contributed by atoms with Gasteiger partial charge in [-0.1, -0.05) is 12.1 Å². The van der Waals surface area contributed by atoms with Gasteiger partial charge in [0.25, 0.3) is 11.8 Å². The molecule has 198 valence electrons. The minimum absolute atomic E-state index is 0.0615. The summed E-state index contributed by atoms with van der Waals surface area (Å²) in [5, 5.41) is 6.67. The fourth-order valence-corrected chi connectivity index (χ4v) is 4.68. The van der Waals surface area contributed by atoms with Crippen molar-refractivity contribution in [1.82, 2.24) is 24.6 Å². The van der Waals surface area contributed by atoms with Crippen molar-refractivity contribution >= 4 is 17.7 Å². The summed E-state index contributed by atoms with van der Waals surface area (Å²) in [5.41, 5.74) is -0.246. The third kappa shape index (κ3) is 4.39. The number of carbonyl (C=O) groups is 3. The first-order valence-corrected chi connectivity index (χ1v) is 11.3. The summed E-state index contributed by atoms with van der Waals surface area (Å²) in [7, 11) is 0. The van der Waals surface area contributed by atoms with Gasteiger partial charge in [0.05, 0.1) is 23.7 Å². The predicted molar refractivity (Wildman–Crippen MR) is 116 cm³/mol.